The highest BCUT2D eigenvalue weighted by molar-refractivity contribution is 7.88. The van der Waals surface area contributed by atoms with Crippen molar-refractivity contribution in [2.75, 3.05) is 25.9 Å². The molecule has 0 bridgehead atoms. The molecule has 1 atom stereocenters. The fourth-order valence-corrected chi connectivity index (χ4v) is 2.95. The summed E-state index contributed by atoms with van der Waals surface area (Å²) >= 11 is 0. The molecule has 0 spiro atoms. The summed E-state index contributed by atoms with van der Waals surface area (Å²) in [6.45, 7) is 1.28. The Kier molecular flexibility index (Phi) is 6.16. The molecule has 0 aliphatic carbocycles. The average molecular weight is 354 g/mol. The molecule has 8 nitrogen and oxygen atoms in total. The highest BCUT2D eigenvalue weighted by Gasteiger charge is 2.30. The van der Waals surface area contributed by atoms with Gasteiger partial charge in [0, 0.05) is 32.6 Å². The number of hydrogen-bond donors (Lipinski definition) is 3. The van der Waals surface area contributed by atoms with Crippen LogP contribution < -0.4 is 15.4 Å². The van der Waals surface area contributed by atoms with Crippen LogP contribution in [0.25, 0.3) is 0 Å². The van der Waals surface area contributed by atoms with Gasteiger partial charge in [-0.2, -0.15) is 0 Å². The minimum atomic E-state index is -3.26. The standard InChI is InChI=1S/C15H22N4O4S/c1-24(22,23)17-8-7-16-15(21)18-13-9-14(20)19(11-13)10-12-5-3-2-4-6-12/h2-6,13,17H,7-11H2,1H3,(H2,16,18,21). The number of hydrogen-bond acceptors (Lipinski definition) is 4. The average Bonchev–Trinajstić information content (AvgIpc) is 2.83. The molecule has 0 radical (unpaired) electrons. The Morgan fingerprint density at radius 2 is 1.96 bits per heavy atom. The smallest absolute Gasteiger partial charge is 0.315 e. The molecule has 1 heterocycles. The fourth-order valence-electron chi connectivity index (χ4n) is 2.47. The number of likely N-dealkylation sites (tertiary alicyclic amines) is 1. The Bertz CT molecular complexity index is 678. The SMILES string of the molecule is CS(=O)(=O)NCCNC(=O)NC1CC(=O)N(Cc2ccccc2)C1. The maximum Gasteiger partial charge on any atom is 0.315 e. The summed E-state index contributed by atoms with van der Waals surface area (Å²) in [5.41, 5.74) is 1.04. The third kappa shape index (κ3) is 6.17. The van der Waals surface area contributed by atoms with Gasteiger partial charge in [0.05, 0.1) is 12.3 Å². The van der Waals surface area contributed by atoms with Crippen LogP contribution >= 0.6 is 0 Å². The van der Waals surface area contributed by atoms with E-state index in [1.807, 2.05) is 30.3 Å². The molecule has 1 fully saturated rings. The lowest BCUT2D eigenvalue weighted by Crippen LogP contribution is -2.45. The third-order valence-corrected chi connectivity index (χ3v) is 4.27. The Morgan fingerprint density at radius 3 is 2.62 bits per heavy atom. The minimum Gasteiger partial charge on any atom is -0.337 e. The molecule has 2 rings (SSSR count). The van der Waals surface area contributed by atoms with Crippen molar-refractivity contribution in [2.24, 2.45) is 0 Å². The van der Waals surface area contributed by atoms with E-state index < -0.39 is 16.1 Å². The van der Waals surface area contributed by atoms with Crippen LogP contribution in [-0.2, 0) is 21.4 Å². The van der Waals surface area contributed by atoms with Crippen LogP contribution in [-0.4, -0.2) is 57.2 Å². The number of carbonyl (C=O) groups excluding carboxylic acids is 2. The molecule has 3 N–H and O–H groups in total. The van der Waals surface area contributed by atoms with Crippen molar-refractivity contribution in [3.63, 3.8) is 0 Å². The molecule has 1 aliphatic heterocycles. The Morgan fingerprint density at radius 1 is 1.25 bits per heavy atom. The topological polar surface area (TPSA) is 108 Å². The van der Waals surface area contributed by atoms with E-state index >= 15 is 0 Å². The van der Waals surface area contributed by atoms with Gasteiger partial charge in [0.25, 0.3) is 0 Å². The van der Waals surface area contributed by atoms with Gasteiger partial charge in [-0.1, -0.05) is 30.3 Å². The van der Waals surface area contributed by atoms with Gasteiger partial charge < -0.3 is 15.5 Å². The lowest BCUT2D eigenvalue weighted by atomic mass is 10.2. The second-order valence-electron chi connectivity index (χ2n) is 5.73. The molecule has 1 unspecified atom stereocenters. The van der Waals surface area contributed by atoms with Crippen LogP contribution in [0.5, 0.6) is 0 Å². The first-order valence-electron chi connectivity index (χ1n) is 7.64. The van der Waals surface area contributed by atoms with E-state index in [1.54, 1.807) is 4.90 Å². The molecule has 1 aromatic carbocycles. The Labute approximate surface area is 141 Å². The summed E-state index contributed by atoms with van der Waals surface area (Å²) in [6.07, 6.45) is 1.32. The summed E-state index contributed by atoms with van der Waals surface area (Å²) in [5.74, 6) is 0.00268. The summed E-state index contributed by atoms with van der Waals surface area (Å²) in [6, 6.07) is 9.01. The van der Waals surface area contributed by atoms with E-state index in [0.717, 1.165) is 11.8 Å². The number of carbonyl (C=O) groups is 2. The Hall–Kier alpha value is -2.13. The number of amides is 3. The van der Waals surface area contributed by atoms with Crippen molar-refractivity contribution in [3.05, 3.63) is 35.9 Å². The van der Waals surface area contributed by atoms with Crippen LogP contribution in [0.2, 0.25) is 0 Å². The molecular weight excluding hydrogens is 332 g/mol. The van der Waals surface area contributed by atoms with Gasteiger partial charge in [-0.25, -0.2) is 17.9 Å². The van der Waals surface area contributed by atoms with Gasteiger partial charge in [0.2, 0.25) is 15.9 Å². The predicted octanol–water partition coefficient (Wildman–Crippen LogP) is -0.364. The second-order valence-corrected chi connectivity index (χ2v) is 7.56. The monoisotopic (exact) mass is 354 g/mol. The first-order chi connectivity index (χ1) is 11.3. The molecular formula is C15H22N4O4S. The maximum absolute atomic E-state index is 12.0. The number of nitrogens with zero attached hydrogens (tertiary/aromatic N) is 1. The molecule has 3 amide bonds. The van der Waals surface area contributed by atoms with Gasteiger partial charge >= 0.3 is 6.03 Å². The van der Waals surface area contributed by atoms with Crippen LogP contribution in [0.4, 0.5) is 4.79 Å². The lowest BCUT2D eigenvalue weighted by molar-refractivity contribution is -0.128. The molecule has 1 aliphatic rings. The largest absolute Gasteiger partial charge is 0.337 e. The molecule has 24 heavy (non-hydrogen) atoms. The number of nitrogens with one attached hydrogen (secondary N) is 3. The fraction of sp³-hybridized carbons (Fsp3) is 0.467. The van der Waals surface area contributed by atoms with Crippen LogP contribution in [0.3, 0.4) is 0 Å². The normalized spacial score (nSPS) is 17.8. The third-order valence-electron chi connectivity index (χ3n) is 3.54. The lowest BCUT2D eigenvalue weighted by Gasteiger charge is -2.17. The summed E-state index contributed by atoms with van der Waals surface area (Å²) in [7, 11) is -3.26. The summed E-state index contributed by atoms with van der Waals surface area (Å²) in [5, 5.41) is 5.29. The number of sulfonamides is 1. The van der Waals surface area contributed by atoms with Gasteiger partial charge in [0.1, 0.15) is 0 Å². The van der Waals surface area contributed by atoms with Gasteiger partial charge in [-0.3, -0.25) is 4.79 Å². The van der Waals surface area contributed by atoms with Crippen molar-refractivity contribution in [1.82, 2.24) is 20.3 Å². The van der Waals surface area contributed by atoms with E-state index in [2.05, 4.69) is 15.4 Å². The minimum absolute atomic E-state index is 0.00268. The van der Waals surface area contributed by atoms with Gasteiger partial charge in [0.15, 0.2) is 0 Å². The van der Waals surface area contributed by atoms with E-state index in [1.165, 1.54) is 0 Å². The molecule has 132 valence electrons. The molecule has 0 saturated carbocycles. The van der Waals surface area contributed by atoms with E-state index in [9.17, 15) is 18.0 Å². The zero-order chi connectivity index (χ0) is 17.6. The molecule has 1 saturated heterocycles. The highest BCUT2D eigenvalue weighted by atomic mass is 32.2. The van der Waals surface area contributed by atoms with Crippen LogP contribution in [0.1, 0.15) is 12.0 Å². The van der Waals surface area contributed by atoms with Crippen molar-refractivity contribution in [2.45, 2.75) is 19.0 Å². The van der Waals surface area contributed by atoms with E-state index in [0.29, 0.717) is 13.1 Å². The van der Waals surface area contributed by atoms with Crippen LogP contribution in [0, 0.1) is 0 Å². The van der Waals surface area contributed by atoms with Gasteiger partial charge in [-0.15, -0.1) is 0 Å². The van der Waals surface area contributed by atoms with Crippen molar-refractivity contribution in [3.8, 4) is 0 Å². The first-order valence-corrected chi connectivity index (χ1v) is 9.53. The predicted molar refractivity (Wildman–Crippen MR) is 89.6 cm³/mol. The van der Waals surface area contributed by atoms with E-state index in [-0.39, 0.29) is 31.5 Å². The van der Waals surface area contributed by atoms with Crippen molar-refractivity contribution >= 4 is 22.0 Å². The zero-order valence-electron chi connectivity index (χ0n) is 13.5. The molecule has 9 heteroatoms. The summed E-state index contributed by atoms with van der Waals surface area (Å²) < 4.78 is 24.1. The Balaban J connectivity index is 1.72. The molecule has 1 aromatic rings. The van der Waals surface area contributed by atoms with Crippen LogP contribution in [0.15, 0.2) is 30.3 Å². The number of benzene rings is 1. The van der Waals surface area contributed by atoms with Gasteiger partial charge in [-0.05, 0) is 5.56 Å². The summed E-state index contributed by atoms with van der Waals surface area (Å²) in [4.78, 5) is 25.5. The first kappa shape index (κ1) is 18.2. The van der Waals surface area contributed by atoms with Crippen molar-refractivity contribution < 1.29 is 18.0 Å². The number of rotatable bonds is 7. The van der Waals surface area contributed by atoms with Crippen molar-refractivity contribution in [1.29, 1.82) is 0 Å². The van der Waals surface area contributed by atoms with E-state index in [4.69, 9.17) is 0 Å². The molecule has 0 aromatic heterocycles. The quantitative estimate of drug-likeness (QED) is 0.581. The highest BCUT2D eigenvalue weighted by Crippen LogP contribution is 2.14. The zero-order valence-corrected chi connectivity index (χ0v) is 14.3. The second kappa shape index (κ2) is 8.11. The maximum atomic E-state index is 12.0. The number of urea groups is 1.